The largest absolute Gasteiger partial charge is 0.493 e. The van der Waals surface area contributed by atoms with Crippen molar-refractivity contribution in [2.24, 2.45) is 0 Å². The number of benzene rings is 2. The summed E-state index contributed by atoms with van der Waals surface area (Å²) in [5.41, 5.74) is 1.30. The van der Waals surface area contributed by atoms with Crippen LogP contribution < -0.4 is 19.1 Å². The van der Waals surface area contributed by atoms with Gasteiger partial charge in [0.05, 0.1) is 32.9 Å². The zero-order chi connectivity index (χ0) is 18.7. The van der Waals surface area contributed by atoms with E-state index < -0.39 is 12.1 Å². The van der Waals surface area contributed by atoms with Gasteiger partial charge in [-0.05, 0) is 29.8 Å². The molecule has 2 aromatic carbocycles. The van der Waals surface area contributed by atoms with Gasteiger partial charge in [-0.15, -0.1) is 0 Å². The topological polar surface area (TPSA) is 85.3 Å². The van der Waals surface area contributed by atoms with Crippen LogP contribution in [0, 0.1) is 0 Å². The number of amides is 1. The lowest BCUT2D eigenvalue weighted by molar-refractivity contribution is -0.145. The molecule has 3 rings (SSSR count). The Labute approximate surface area is 150 Å². The van der Waals surface area contributed by atoms with Gasteiger partial charge in [-0.25, -0.2) is 4.79 Å². The third-order valence-electron chi connectivity index (χ3n) is 4.15. The van der Waals surface area contributed by atoms with Crippen molar-refractivity contribution in [2.75, 3.05) is 25.7 Å². The minimum atomic E-state index is -1.11. The van der Waals surface area contributed by atoms with Crippen LogP contribution in [0.1, 0.15) is 5.56 Å². The highest BCUT2D eigenvalue weighted by atomic mass is 16.5. The number of carbonyl (C=O) groups excluding carboxylic acids is 1. The second-order valence-corrected chi connectivity index (χ2v) is 5.78. The number of ether oxygens (including phenoxy) is 3. The fourth-order valence-corrected chi connectivity index (χ4v) is 2.86. The zero-order valence-electron chi connectivity index (χ0n) is 14.5. The van der Waals surface area contributed by atoms with Gasteiger partial charge < -0.3 is 24.2 Å². The van der Waals surface area contributed by atoms with Crippen molar-refractivity contribution in [3.63, 3.8) is 0 Å². The van der Waals surface area contributed by atoms with Gasteiger partial charge in [0.1, 0.15) is 5.75 Å². The molecule has 1 aliphatic heterocycles. The van der Waals surface area contributed by atoms with Crippen molar-refractivity contribution in [1.29, 1.82) is 0 Å². The van der Waals surface area contributed by atoms with E-state index >= 15 is 0 Å². The molecule has 1 N–H and O–H groups in total. The fraction of sp³-hybridized carbons (Fsp3) is 0.263. The molecule has 0 spiro atoms. The van der Waals surface area contributed by atoms with Gasteiger partial charge in [-0.2, -0.15) is 0 Å². The van der Waals surface area contributed by atoms with E-state index in [1.807, 2.05) is 0 Å². The summed E-state index contributed by atoms with van der Waals surface area (Å²) in [7, 11) is 3.07. The second-order valence-electron chi connectivity index (χ2n) is 5.78. The van der Waals surface area contributed by atoms with E-state index in [1.165, 1.54) is 12.0 Å². The maximum atomic E-state index is 12.9. The molecule has 0 radical (unpaired) electrons. The van der Waals surface area contributed by atoms with Crippen molar-refractivity contribution in [1.82, 2.24) is 0 Å². The lowest BCUT2D eigenvalue weighted by Crippen LogP contribution is -2.47. The van der Waals surface area contributed by atoms with Gasteiger partial charge in [0.25, 0.3) is 0 Å². The van der Waals surface area contributed by atoms with E-state index in [2.05, 4.69) is 0 Å². The molecule has 0 aromatic heterocycles. The third-order valence-corrected chi connectivity index (χ3v) is 4.15. The molecule has 26 heavy (non-hydrogen) atoms. The third kappa shape index (κ3) is 3.42. The van der Waals surface area contributed by atoms with Gasteiger partial charge in [-0.1, -0.05) is 18.2 Å². The minimum absolute atomic E-state index is 0.0432. The van der Waals surface area contributed by atoms with Crippen molar-refractivity contribution in [3.8, 4) is 17.2 Å². The smallest absolute Gasteiger partial charge is 0.346 e. The Kier molecular flexibility index (Phi) is 4.97. The highest BCUT2D eigenvalue weighted by molar-refractivity contribution is 5.97. The summed E-state index contributed by atoms with van der Waals surface area (Å²) in [6, 6.07) is 12.1. The fourth-order valence-electron chi connectivity index (χ4n) is 2.86. The number of para-hydroxylation sites is 2. The summed E-state index contributed by atoms with van der Waals surface area (Å²) in [5, 5.41) is 9.29. The lowest BCUT2D eigenvalue weighted by Gasteiger charge is -2.33. The Morgan fingerprint density at radius 2 is 1.88 bits per heavy atom. The molecule has 1 heterocycles. The van der Waals surface area contributed by atoms with Crippen LogP contribution in [0.25, 0.3) is 0 Å². The SMILES string of the molecule is COc1ccc(CC(=O)N2CC(C(=O)O)Oc3ccccc32)cc1OC. The first kappa shape index (κ1) is 17.6. The van der Waals surface area contributed by atoms with Crippen LogP contribution in [-0.2, 0) is 16.0 Å². The Morgan fingerprint density at radius 1 is 1.15 bits per heavy atom. The number of carboxylic acid groups (broad SMARTS) is 1. The minimum Gasteiger partial charge on any atom is -0.493 e. The van der Waals surface area contributed by atoms with E-state index in [0.29, 0.717) is 22.9 Å². The Hall–Kier alpha value is -3.22. The van der Waals surface area contributed by atoms with Crippen LogP contribution in [0.15, 0.2) is 42.5 Å². The molecular weight excluding hydrogens is 338 g/mol. The van der Waals surface area contributed by atoms with Gasteiger partial charge >= 0.3 is 5.97 Å². The van der Waals surface area contributed by atoms with E-state index in [0.717, 1.165) is 5.56 Å². The van der Waals surface area contributed by atoms with Gasteiger partial charge in [-0.3, -0.25) is 4.79 Å². The molecule has 1 atom stereocenters. The molecule has 0 aliphatic carbocycles. The number of fused-ring (bicyclic) bond motifs is 1. The maximum absolute atomic E-state index is 12.9. The van der Waals surface area contributed by atoms with Crippen molar-refractivity contribution < 1.29 is 28.9 Å². The summed E-state index contributed by atoms with van der Waals surface area (Å²) in [4.78, 5) is 25.7. The van der Waals surface area contributed by atoms with E-state index in [1.54, 1.807) is 49.6 Å². The van der Waals surface area contributed by atoms with Gasteiger partial charge in [0.2, 0.25) is 12.0 Å². The zero-order valence-corrected chi connectivity index (χ0v) is 14.5. The van der Waals surface area contributed by atoms with Crippen LogP contribution in [0.5, 0.6) is 17.2 Å². The van der Waals surface area contributed by atoms with Crippen LogP contribution in [0.3, 0.4) is 0 Å². The lowest BCUT2D eigenvalue weighted by atomic mass is 10.1. The van der Waals surface area contributed by atoms with Crippen LogP contribution in [0.2, 0.25) is 0 Å². The number of anilines is 1. The summed E-state index contributed by atoms with van der Waals surface area (Å²) in [6.45, 7) is -0.0432. The first-order valence-electron chi connectivity index (χ1n) is 8.03. The Morgan fingerprint density at radius 3 is 2.58 bits per heavy atom. The molecule has 1 unspecified atom stereocenters. The molecule has 0 bridgehead atoms. The number of methoxy groups -OCH3 is 2. The number of rotatable bonds is 5. The summed E-state index contributed by atoms with van der Waals surface area (Å²) < 4.78 is 15.9. The highest BCUT2D eigenvalue weighted by Gasteiger charge is 2.33. The predicted molar refractivity (Wildman–Crippen MR) is 94.1 cm³/mol. The number of hydrogen-bond acceptors (Lipinski definition) is 5. The van der Waals surface area contributed by atoms with Gasteiger partial charge in [0.15, 0.2) is 11.5 Å². The van der Waals surface area contributed by atoms with E-state index in [9.17, 15) is 14.7 Å². The summed E-state index contributed by atoms with van der Waals surface area (Å²) in [5.74, 6) is 0.157. The Bertz CT molecular complexity index is 835. The molecule has 2 aromatic rings. The maximum Gasteiger partial charge on any atom is 0.346 e. The van der Waals surface area contributed by atoms with Gasteiger partial charge in [0, 0.05) is 0 Å². The van der Waals surface area contributed by atoms with Crippen LogP contribution in [0.4, 0.5) is 5.69 Å². The van der Waals surface area contributed by atoms with Crippen molar-refractivity contribution in [3.05, 3.63) is 48.0 Å². The number of carbonyl (C=O) groups is 2. The number of hydrogen-bond donors (Lipinski definition) is 1. The Balaban J connectivity index is 1.86. The summed E-state index contributed by atoms with van der Waals surface area (Å²) in [6.07, 6.45) is -1.000. The average Bonchev–Trinajstić information content (AvgIpc) is 2.66. The standard InChI is InChI=1S/C19H19NO6/c1-24-15-8-7-12(9-16(15)25-2)10-18(21)20-11-17(19(22)23)26-14-6-4-3-5-13(14)20/h3-9,17H,10-11H2,1-2H3,(H,22,23). The first-order valence-corrected chi connectivity index (χ1v) is 8.03. The van der Waals surface area contributed by atoms with Crippen LogP contribution >= 0.6 is 0 Å². The summed E-state index contributed by atoms with van der Waals surface area (Å²) >= 11 is 0. The quantitative estimate of drug-likeness (QED) is 0.882. The molecule has 0 saturated carbocycles. The number of aliphatic carboxylic acids is 1. The van der Waals surface area contributed by atoms with E-state index in [-0.39, 0.29) is 18.9 Å². The monoisotopic (exact) mass is 357 g/mol. The predicted octanol–water partition coefficient (Wildman–Crippen LogP) is 2.13. The molecule has 136 valence electrons. The molecular formula is C19H19NO6. The first-order chi connectivity index (χ1) is 12.5. The molecule has 1 aliphatic rings. The molecule has 7 heteroatoms. The van der Waals surface area contributed by atoms with E-state index in [4.69, 9.17) is 14.2 Å². The molecule has 1 amide bonds. The van der Waals surface area contributed by atoms with Crippen molar-refractivity contribution >= 4 is 17.6 Å². The number of carboxylic acids is 1. The molecule has 0 fully saturated rings. The highest BCUT2D eigenvalue weighted by Crippen LogP contribution is 2.34. The molecule has 0 saturated heterocycles. The normalized spacial score (nSPS) is 15.6. The number of nitrogens with zero attached hydrogens (tertiary/aromatic N) is 1. The second kappa shape index (κ2) is 7.35. The molecule has 7 nitrogen and oxygen atoms in total. The average molecular weight is 357 g/mol. The van der Waals surface area contributed by atoms with Crippen molar-refractivity contribution in [2.45, 2.75) is 12.5 Å². The van der Waals surface area contributed by atoms with Crippen LogP contribution in [-0.4, -0.2) is 43.9 Å².